The molecule has 2 N–H and O–H groups in total. The second-order valence-corrected chi connectivity index (χ2v) is 5.20. The summed E-state index contributed by atoms with van der Waals surface area (Å²) in [6.45, 7) is 1.75. The molecule has 1 aromatic rings. The van der Waals surface area contributed by atoms with E-state index in [2.05, 4.69) is 10.6 Å². The Hall–Kier alpha value is -1.70. The number of rotatable bonds is 6. The fraction of sp³-hybridized carbons (Fsp3) is 0.500. The Balaban J connectivity index is 0.00000242. The summed E-state index contributed by atoms with van der Waals surface area (Å²) in [7, 11) is 1.62. The Kier molecular flexibility index (Phi) is 6.73. The normalized spacial score (nSPS) is 20.2. The fourth-order valence-corrected chi connectivity index (χ4v) is 2.64. The van der Waals surface area contributed by atoms with Crippen LogP contribution >= 0.6 is 12.4 Å². The lowest BCUT2D eigenvalue weighted by atomic mass is 9.98. The Labute approximate surface area is 135 Å². The van der Waals surface area contributed by atoms with Crippen LogP contribution in [-0.2, 0) is 4.74 Å². The summed E-state index contributed by atoms with van der Waals surface area (Å²) in [5.74, 6) is -0.438. The number of benzene rings is 1. The molecule has 2 rings (SSSR count). The van der Waals surface area contributed by atoms with Crippen molar-refractivity contribution in [3.63, 3.8) is 0 Å². The first-order valence-corrected chi connectivity index (χ1v) is 6.83. The lowest BCUT2D eigenvalue weighted by Gasteiger charge is -2.28. The van der Waals surface area contributed by atoms with Gasteiger partial charge in [0, 0.05) is 19.7 Å². The molecule has 1 amide bonds. The SMILES string of the molecule is COCC1(CNC(=O)c2ccccc2[N+](=O)[O-])CCCN1.Cl. The zero-order valence-electron chi connectivity index (χ0n) is 12.3. The first-order valence-electron chi connectivity index (χ1n) is 6.83. The monoisotopic (exact) mass is 329 g/mol. The molecular weight excluding hydrogens is 310 g/mol. The van der Waals surface area contributed by atoms with Crippen LogP contribution in [0.2, 0.25) is 0 Å². The molecule has 0 aromatic heterocycles. The number of nitro benzene ring substituents is 1. The van der Waals surface area contributed by atoms with Crippen LogP contribution in [-0.4, -0.2) is 43.2 Å². The molecule has 22 heavy (non-hydrogen) atoms. The summed E-state index contributed by atoms with van der Waals surface area (Å²) >= 11 is 0. The minimum atomic E-state index is -0.548. The predicted octanol–water partition coefficient (Wildman–Crippen LogP) is 1.51. The van der Waals surface area contributed by atoms with Crippen molar-refractivity contribution in [2.75, 3.05) is 26.8 Å². The molecule has 0 radical (unpaired) electrons. The van der Waals surface area contributed by atoms with Crippen molar-refractivity contribution in [3.8, 4) is 0 Å². The van der Waals surface area contributed by atoms with Gasteiger partial charge in [-0.25, -0.2) is 0 Å². The van der Waals surface area contributed by atoms with Crippen LogP contribution in [0.4, 0.5) is 5.69 Å². The van der Waals surface area contributed by atoms with Crippen molar-refractivity contribution in [1.82, 2.24) is 10.6 Å². The third-order valence-electron chi connectivity index (χ3n) is 3.69. The molecule has 0 aliphatic carbocycles. The second-order valence-electron chi connectivity index (χ2n) is 5.20. The molecule has 7 nitrogen and oxygen atoms in total. The molecule has 1 heterocycles. The first kappa shape index (κ1) is 18.3. The average Bonchev–Trinajstić information content (AvgIpc) is 2.94. The summed E-state index contributed by atoms with van der Waals surface area (Å²) in [6.07, 6.45) is 1.92. The molecule has 1 aliphatic heterocycles. The van der Waals surface area contributed by atoms with Gasteiger partial charge in [0.1, 0.15) is 5.56 Å². The molecule has 122 valence electrons. The highest BCUT2D eigenvalue weighted by Gasteiger charge is 2.34. The molecule has 1 aromatic carbocycles. The number of carbonyl (C=O) groups is 1. The maximum atomic E-state index is 12.2. The van der Waals surface area contributed by atoms with E-state index in [-0.39, 0.29) is 29.2 Å². The minimum Gasteiger partial charge on any atom is -0.383 e. The van der Waals surface area contributed by atoms with Crippen molar-refractivity contribution in [1.29, 1.82) is 0 Å². The van der Waals surface area contributed by atoms with Gasteiger partial charge in [0.25, 0.3) is 11.6 Å². The van der Waals surface area contributed by atoms with E-state index in [0.29, 0.717) is 13.2 Å². The van der Waals surface area contributed by atoms with Gasteiger partial charge in [-0.2, -0.15) is 0 Å². The number of hydrogen-bond acceptors (Lipinski definition) is 5. The molecule has 1 atom stereocenters. The van der Waals surface area contributed by atoms with E-state index in [9.17, 15) is 14.9 Å². The summed E-state index contributed by atoms with van der Waals surface area (Å²) in [5.41, 5.74) is -0.392. The Bertz CT molecular complexity index is 533. The molecule has 0 saturated carbocycles. The van der Waals surface area contributed by atoms with Gasteiger partial charge in [0.05, 0.1) is 17.1 Å². The van der Waals surface area contributed by atoms with Crippen molar-refractivity contribution >= 4 is 24.0 Å². The van der Waals surface area contributed by atoms with Gasteiger partial charge < -0.3 is 15.4 Å². The van der Waals surface area contributed by atoms with Gasteiger partial charge >= 0.3 is 0 Å². The van der Waals surface area contributed by atoms with Crippen molar-refractivity contribution in [3.05, 3.63) is 39.9 Å². The molecule has 1 unspecified atom stereocenters. The maximum Gasteiger partial charge on any atom is 0.282 e. The molecule has 0 spiro atoms. The lowest BCUT2D eigenvalue weighted by Crippen LogP contribution is -2.53. The van der Waals surface area contributed by atoms with E-state index in [0.717, 1.165) is 19.4 Å². The Morgan fingerprint density at radius 1 is 1.50 bits per heavy atom. The highest BCUT2D eigenvalue weighted by atomic mass is 35.5. The van der Waals surface area contributed by atoms with E-state index in [1.54, 1.807) is 19.2 Å². The summed E-state index contributed by atoms with van der Waals surface area (Å²) in [6, 6.07) is 5.94. The first-order chi connectivity index (χ1) is 10.1. The zero-order valence-corrected chi connectivity index (χ0v) is 13.1. The van der Waals surface area contributed by atoms with Crippen LogP contribution in [0.15, 0.2) is 24.3 Å². The number of para-hydroxylation sites is 1. The number of nitrogens with one attached hydrogen (secondary N) is 2. The third-order valence-corrected chi connectivity index (χ3v) is 3.69. The highest BCUT2D eigenvalue weighted by molar-refractivity contribution is 5.98. The molecular formula is C14H20ClN3O4. The Morgan fingerprint density at radius 3 is 2.82 bits per heavy atom. The van der Waals surface area contributed by atoms with Crippen LogP contribution in [0, 0.1) is 10.1 Å². The summed E-state index contributed by atoms with van der Waals surface area (Å²) < 4.78 is 5.21. The van der Waals surface area contributed by atoms with E-state index >= 15 is 0 Å². The maximum absolute atomic E-state index is 12.2. The van der Waals surface area contributed by atoms with Gasteiger partial charge in [-0.15, -0.1) is 12.4 Å². The molecule has 8 heteroatoms. The van der Waals surface area contributed by atoms with Crippen LogP contribution < -0.4 is 10.6 Å². The van der Waals surface area contributed by atoms with Crippen molar-refractivity contribution in [2.24, 2.45) is 0 Å². The smallest absolute Gasteiger partial charge is 0.282 e. The second kappa shape index (κ2) is 8.07. The third kappa shape index (κ3) is 4.16. The quantitative estimate of drug-likeness (QED) is 0.609. The standard InChI is InChI=1S/C14H19N3O4.ClH/c1-21-10-14(7-4-8-16-14)9-15-13(18)11-5-2-3-6-12(11)17(19)20;/h2-3,5-6,16H,4,7-10H2,1H3,(H,15,18);1H. The van der Waals surface area contributed by atoms with E-state index in [1.165, 1.54) is 12.1 Å². The molecule has 0 bridgehead atoms. The summed E-state index contributed by atoms with van der Waals surface area (Å²) in [5, 5.41) is 17.1. The average molecular weight is 330 g/mol. The van der Waals surface area contributed by atoms with Gasteiger partial charge in [-0.05, 0) is 25.5 Å². The molecule has 1 saturated heterocycles. The van der Waals surface area contributed by atoms with E-state index in [4.69, 9.17) is 4.74 Å². The number of amides is 1. The minimum absolute atomic E-state index is 0. The zero-order chi connectivity index (χ0) is 15.3. The number of nitro groups is 1. The topological polar surface area (TPSA) is 93.5 Å². The van der Waals surface area contributed by atoms with Crippen LogP contribution in [0.1, 0.15) is 23.2 Å². The molecule has 1 fully saturated rings. The van der Waals surface area contributed by atoms with Crippen LogP contribution in [0.5, 0.6) is 0 Å². The number of nitrogens with zero attached hydrogens (tertiary/aromatic N) is 1. The fourth-order valence-electron chi connectivity index (χ4n) is 2.64. The van der Waals surface area contributed by atoms with Crippen molar-refractivity contribution in [2.45, 2.75) is 18.4 Å². The molecule has 1 aliphatic rings. The Morgan fingerprint density at radius 2 is 2.23 bits per heavy atom. The van der Waals surface area contributed by atoms with Gasteiger partial charge in [-0.3, -0.25) is 14.9 Å². The van der Waals surface area contributed by atoms with E-state index in [1.807, 2.05) is 0 Å². The van der Waals surface area contributed by atoms with Crippen molar-refractivity contribution < 1.29 is 14.5 Å². The van der Waals surface area contributed by atoms with Gasteiger partial charge in [0.2, 0.25) is 0 Å². The lowest BCUT2D eigenvalue weighted by molar-refractivity contribution is -0.385. The number of halogens is 1. The van der Waals surface area contributed by atoms with E-state index < -0.39 is 10.8 Å². The van der Waals surface area contributed by atoms with Gasteiger partial charge in [-0.1, -0.05) is 12.1 Å². The number of hydrogen-bond donors (Lipinski definition) is 2. The number of carbonyl (C=O) groups excluding carboxylic acids is 1. The van der Waals surface area contributed by atoms with Crippen LogP contribution in [0.25, 0.3) is 0 Å². The predicted molar refractivity (Wildman–Crippen MR) is 84.5 cm³/mol. The number of methoxy groups -OCH3 is 1. The largest absolute Gasteiger partial charge is 0.383 e. The summed E-state index contributed by atoms with van der Waals surface area (Å²) in [4.78, 5) is 22.6. The van der Waals surface area contributed by atoms with Crippen LogP contribution in [0.3, 0.4) is 0 Å². The number of ether oxygens (including phenoxy) is 1. The highest BCUT2D eigenvalue weighted by Crippen LogP contribution is 2.20. The van der Waals surface area contributed by atoms with Gasteiger partial charge in [0.15, 0.2) is 0 Å².